The molecule has 2 heterocycles. The van der Waals surface area contributed by atoms with Gasteiger partial charge in [0.15, 0.2) is 17.0 Å². The highest BCUT2D eigenvalue weighted by Gasteiger charge is 2.24. The van der Waals surface area contributed by atoms with Crippen LogP contribution >= 0.6 is 60.4 Å². The fraction of sp³-hybridized carbons (Fsp3) is 0.560. The Hall–Kier alpha value is -1.42. The summed E-state index contributed by atoms with van der Waals surface area (Å²) in [6.45, 7) is 1.43. The Balaban J connectivity index is 0.00000169. The number of rotatable bonds is 8. The van der Waals surface area contributed by atoms with Crippen LogP contribution < -0.4 is 21.3 Å². The first-order valence-corrected chi connectivity index (χ1v) is 13.4. The second-order valence-corrected chi connectivity index (χ2v) is 10.8. The van der Waals surface area contributed by atoms with Crippen LogP contribution in [0.1, 0.15) is 57.4 Å². The fourth-order valence-corrected chi connectivity index (χ4v) is 5.75. The molecule has 2 aliphatic carbocycles. The minimum absolute atomic E-state index is 0. The third kappa shape index (κ3) is 7.83. The van der Waals surface area contributed by atoms with E-state index in [4.69, 9.17) is 43.9 Å². The molecule has 2 fully saturated rings. The van der Waals surface area contributed by atoms with Gasteiger partial charge in [0.2, 0.25) is 5.95 Å². The van der Waals surface area contributed by atoms with Gasteiger partial charge in [-0.3, -0.25) is 0 Å². The number of aromatic nitrogens is 4. The first kappa shape index (κ1) is 32.8. The lowest BCUT2D eigenvalue weighted by molar-refractivity contribution is 0.410. The van der Waals surface area contributed by atoms with Crippen LogP contribution in [0.2, 0.25) is 10.0 Å². The predicted octanol–water partition coefficient (Wildman–Crippen LogP) is 6.74. The van der Waals surface area contributed by atoms with Crippen molar-refractivity contribution in [3.8, 4) is 0 Å². The summed E-state index contributed by atoms with van der Waals surface area (Å²) in [5, 5.41) is 8.35. The van der Waals surface area contributed by atoms with Crippen LogP contribution in [0.3, 0.4) is 0 Å². The van der Waals surface area contributed by atoms with E-state index in [0.29, 0.717) is 40.7 Å². The number of imidazole rings is 1. The summed E-state index contributed by atoms with van der Waals surface area (Å²) in [7, 11) is 2.02. The summed E-state index contributed by atoms with van der Waals surface area (Å²) in [5.41, 5.74) is 8.80. The lowest BCUT2D eigenvalue weighted by Gasteiger charge is -2.27. The maximum Gasteiger partial charge on any atom is 0.227 e. The molecule has 0 radical (unpaired) electrons. The molecule has 0 aliphatic heterocycles. The van der Waals surface area contributed by atoms with Gasteiger partial charge in [-0.2, -0.15) is 9.97 Å². The molecule has 13 heteroatoms. The number of hydrogen-bond acceptors (Lipinski definition) is 7. The number of benzene rings is 1. The maximum absolute atomic E-state index is 6.18. The van der Waals surface area contributed by atoms with E-state index in [2.05, 4.69) is 20.1 Å². The minimum Gasteiger partial charge on any atom is -0.373 e. The molecule has 0 atom stereocenters. The highest BCUT2D eigenvalue weighted by atomic mass is 35.5. The van der Waals surface area contributed by atoms with Crippen molar-refractivity contribution in [2.45, 2.75) is 69.5 Å². The summed E-state index contributed by atoms with van der Waals surface area (Å²) in [6, 6.07) is 6.69. The third-order valence-electron chi connectivity index (χ3n) is 7.27. The van der Waals surface area contributed by atoms with E-state index in [-0.39, 0.29) is 37.2 Å². The van der Waals surface area contributed by atoms with Crippen LogP contribution in [0.25, 0.3) is 11.2 Å². The highest BCUT2D eigenvalue weighted by molar-refractivity contribution is 6.35. The summed E-state index contributed by atoms with van der Waals surface area (Å²) < 4.78 is 2.25. The van der Waals surface area contributed by atoms with Crippen LogP contribution in [-0.2, 0) is 0 Å². The third-order valence-corrected chi connectivity index (χ3v) is 7.71. The smallest absolute Gasteiger partial charge is 0.227 e. The van der Waals surface area contributed by atoms with E-state index in [1.165, 1.54) is 25.7 Å². The van der Waals surface area contributed by atoms with Crippen molar-refractivity contribution >= 4 is 89.0 Å². The van der Waals surface area contributed by atoms with Crippen molar-refractivity contribution in [2.75, 3.05) is 35.7 Å². The number of nitrogens with zero attached hydrogens (tertiary/aromatic N) is 5. The summed E-state index contributed by atoms with van der Waals surface area (Å²) in [6.07, 6.45) is 10.9. The number of anilines is 3. The van der Waals surface area contributed by atoms with Crippen molar-refractivity contribution in [3.63, 3.8) is 0 Å². The molecular formula is C25H37Cl5N8. The van der Waals surface area contributed by atoms with Gasteiger partial charge in [0.25, 0.3) is 0 Å². The maximum atomic E-state index is 6.18. The van der Waals surface area contributed by atoms with E-state index in [1.807, 2.05) is 25.5 Å². The normalized spacial score (nSPS) is 19.3. The van der Waals surface area contributed by atoms with Gasteiger partial charge in [0.1, 0.15) is 0 Å². The predicted molar refractivity (Wildman–Crippen MR) is 167 cm³/mol. The average Bonchev–Trinajstić information content (AvgIpc) is 3.50. The van der Waals surface area contributed by atoms with E-state index in [1.54, 1.807) is 6.07 Å². The Labute approximate surface area is 253 Å². The number of fused-ring (bicyclic) bond motifs is 1. The first-order chi connectivity index (χ1) is 17.0. The molecule has 38 heavy (non-hydrogen) atoms. The molecule has 4 N–H and O–H groups in total. The molecule has 8 nitrogen and oxygen atoms in total. The zero-order chi connectivity index (χ0) is 24.4. The standard InChI is InChI=1S/C25H34Cl2N8.3ClH/c1-34(21-13-16(26)12-17(27)14-21)11-10-29-23-22-24(35(15-30-22)20-4-2-3-5-20)33-25(32-23)31-19-8-6-18(28)7-9-19;;;/h12-15,18-20H,2-11,28H2,1H3,(H2,29,31,32,33);3*1H. The van der Waals surface area contributed by atoms with Gasteiger partial charge in [-0.15, -0.1) is 37.2 Å². The molecule has 5 rings (SSSR count). The average molecular weight is 627 g/mol. The molecule has 0 unspecified atom stereocenters. The second-order valence-electron chi connectivity index (χ2n) is 9.89. The van der Waals surface area contributed by atoms with Crippen LogP contribution in [0.4, 0.5) is 17.5 Å². The van der Waals surface area contributed by atoms with Gasteiger partial charge >= 0.3 is 0 Å². The molecular weight excluding hydrogens is 590 g/mol. The van der Waals surface area contributed by atoms with Crippen LogP contribution in [0.5, 0.6) is 0 Å². The van der Waals surface area contributed by atoms with Crippen LogP contribution in [0, 0.1) is 0 Å². The molecule has 2 aromatic heterocycles. The Kier molecular flexibility index (Phi) is 12.8. The summed E-state index contributed by atoms with van der Waals surface area (Å²) >= 11 is 12.4. The van der Waals surface area contributed by atoms with Gasteiger partial charge in [0.05, 0.1) is 6.33 Å². The van der Waals surface area contributed by atoms with Gasteiger partial charge in [0, 0.05) is 54.0 Å². The van der Waals surface area contributed by atoms with Crippen LogP contribution in [0.15, 0.2) is 24.5 Å². The zero-order valence-electron chi connectivity index (χ0n) is 21.4. The minimum atomic E-state index is 0. The quantitative estimate of drug-likeness (QED) is 0.255. The fourth-order valence-electron chi connectivity index (χ4n) is 5.23. The molecule has 0 amide bonds. The number of likely N-dealkylation sites (N-methyl/N-ethyl adjacent to an activating group) is 1. The summed E-state index contributed by atoms with van der Waals surface area (Å²) in [4.78, 5) is 16.6. The Morgan fingerprint density at radius 1 is 0.974 bits per heavy atom. The molecule has 0 saturated heterocycles. The highest BCUT2D eigenvalue weighted by Crippen LogP contribution is 2.33. The monoisotopic (exact) mass is 624 g/mol. The Bertz CT molecular complexity index is 1140. The van der Waals surface area contributed by atoms with E-state index in [9.17, 15) is 0 Å². The molecule has 212 valence electrons. The molecule has 2 saturated carbocycles. The van der Waals surface area contributed by atoms with E-state index < -0.39 is 0 Å². The van der Waals surface area contributed by atoms with Crippen molar-refractivity contribution in [2.24, 2.45) is 5.73 Å². The van der Waals surface area contributed by atoms with Gasteiger partial charge in [-0.25, -0.2) is 4.98 Å². The SMILES string of the molecule is CN(CCNc1nc(NC2CCC(N)CC2)nc2c1ncn2C1CCCC1)c1cc(Cl)cc(Cl)c1.Cl.Cl.Cl. The molecule has 0 bridgehead atoms. The van der Waals surface area contributed by atoms with Crippen molar-refractivity contribution in [1.82, 2.24) is 19.5 Å². The zero-order valence-corrected chi connectivity index (χ0v) is 25.4. The molecule has 3 aromatic rings. The number of hydrogen-bond donors (Lipinski definition) is 3. The number of halogens is 5. The van der Waals surface area contributed by atoms with Gasteiger partial charge < -0.3 is 25.8 Å². The summed E-state index contributed by atoms with van der Waals surface area (Å²) in [5.74, 6) is 1.43. The largest absolute Gasteiger partial charge is 0.373 e. The van der Waals surface area contributed by atoms with E-state index >= 15 is 0 Å². The van der Waals surface area contributed by atoms with Crippen molar-refractivity contribution in [3.05, 3.63) is 34.6 Å². The lowest BCUT2D eigenvalue weighted by Crippen LogP contribution is -2.33. The Morgan fingerprint density at radius 2 is 1.63 bits per heavy atom. The molecule has 1 aromatic carbocycles. The van der Waals surface area contributed by atoms with Crippen LogP contribution in [-0.4, -0.2) is 51.7 Å². The first-order valence-electron chi connectivity index (χ1n) is 12.6. The topological polar surface area (TPSA) is 96.9 Å². The number of nitrogens with two attached hydrogens (primary N) is 1. The second kappa shape index (κ2) is 14.8. The molecule has 2 aliphatic rings. The van der Waals surface area contributed by atoms with Gasteiger partial charge in [-0.1, -0.05) is 36.0 Å². The molecule has 0 spiro atoms. The van der Waals surface area contributed by atoms with E-state index in [0.717, 1.165) is 54.9 Å². The van der Waals surface area contributed by atoms with Gasteiger partial charge in [-0.05, 0) is 56.7 Å². The van der Waals surface area contributed by atoms with Crippen molar-refractivity contribution < 1.29 is 0 Å². The number of nitrogens with one attached hydrogen (secondary N) is 2. The Morgan fingerprint density at radius 3 is 2.29 bits per heavy atom. The lowest BCUT2D eigenvalue weighted by atomic mass is 9.92. The van der Waals surface area contributed by atoms with Crippen molar-refractivity contribution in [1.29, 1.82) is 0 Å².